The van der Waals surface area contributed by atoms with Gasteiger partial charge in [0.15, 0.2) is 0 Å². The summed E-state index contributed by atoms with van der Waals surface area (Å²) in [5, 5.41) is 5.16. The fraction of sp³-hybridized carbons (Fsp3) is 0.333. The van der Waals surface area contributed by atoms with Crippen molar-refractivity contribution in [1.82, 2.24) is 5.32 Å². The molecule has 1 heterocycles. The van der Waals surface area contributed by atoms with Gasteiger partial charge < -0.3 is 24.5 Å². The van der Waals surface area contributed by atoms with Crippen molar-refractivity contribution in [2.24, 2.45) is 0 Å². The maximum absolute atomic E-state index is 14.8. The first-order valence-electron chi connectivity index (χ1n) is 12.1. The van der Waals surface area contributed by atoms with Gasteiger partial charge in [0.2, 0.25) is 5.91 Å². The molecule has 0 unspecified atom stereocenters. The average Bonchev–Trinajstić information content (AvgIpc) is 3.27. The number of carbonyl (C=O) groups excluding carboxylic acids is 2. The van der Waals surface area contributed by atoms with Gasteiger partial charge in [-0.1, -0.05) is 6.92 Å². The summed E-state index contributed by atoms with van der Waals surface area (Å²) in [5.41, 5.74) is -0.371. The summed E-state index contributed by atoms with van der Waals surface area (Å²) in [6.07, 6.45) is -0.465. The molecule has 3 aromatic rings. The van der Waals surface area contributed by atoms with Crippen molar-refractivity contribution in [3.8, 4) is 17.1 Å². The lowest BCUT2D eigenvalue weighted by molar-refractivity contribution is -0.118. The smallest absolute Gasteiger partial charge is 0.408 e. The fourth-order valence-corrected chi connectivity index (χ4v) is 4.62. The molecule has 39 heavy (non-hydrogen) atoms. The molecule has 3 N–H and O–H groups in total. The van der Waals surface area contributed by atoms with Gasteiger partial charge in [0, 0.05) is 5.69 Å². The Balaban J connectivity index is 1.80. The van der Waals surface area contributed by atoms with E-state index in [4.69, 9.17) is 13.9 Å². The molecule has 1 atom stereocenters. The van der Waals surface area contributed by atoms with Crippen LogP contribution in [0.15, 0.2) is 57.8 Å². The molecule has 0 radical (unpaired) electrons. The number of hydrogen-bond acceptors (Lipinski definition) is 7. The zero-order valence-corrected chi connectivity index (χ0v) is 23.4. The highest BCUT2D eigenvalue weighted by atomic mass is 32.2. The summed E-state index contributed by atoms with van der Waals surface area (Å²) in [4.78, 5) is 24.6. The van der Waals surface area contributed by atoms with Gasteiger partial charge in [0.1, 0.15) is 34.7 Å². The Morgan fingerprint density at radius 1 is 1.08 bits per heavy atom. The Morgan fingerprint density at radius 2 is 1.79 bits per heavy atom. The Bertz CT molecular complexity index is 1460. The maximum atomic E-state index is 14.8. The van der Waals surface area contributed by atoms with E-state index in [0.29, 0.717) is 5.76 Å². The van der Waals surface area contributed by atoms with Gasteiger partial charge in [-0.15, -0.1) is 0 Å². The molecular weight excluding hydrogens is 529 g/mol. The first-order chi connectivity index (χ1) is 18.2. The molecule has 1 aromatic heterocycles. The minimum absolute atomic E-state index is 0.00888. The van der Waals surface area contributed by atoms with E-state index in [1.165, 1.54) is 37.4 Å². The summed E-state index contributed by atoms with van der Waals surface area (Å²) < 4.78 is 59.2. The van der Waals surface area contributed by atoms with Gasteiger partial charge >= 0.3 is 6.09 Å². The quantitative estimate of drug-likeness (QED) is 0.316. The minimum Gasteiger partial charge on any atom is -0.495 e. The second-order valence-corrected chi connectivity index (χ2v) is 11.4. The molecule has 0 aliphatic heterocycles. The Kier molecular flexibility index (Phi) is 8.90. The number of aryl methyl sites for hydroxylation is 1. The number of amides is 2. The van der Waals surface area contributed by atoms with Crippen LogP contribution in [0.25, 0.3) is 11.3 Å². The second-order valence-electron chi connectivity index (χ2n) is 9.67. The van der Waals surface area contributed by atoms with Crippen molar-refractivity contribution in [3.05, 3.63) is 60.1 Å². The van der Waals surface area contributed by atoms with Gasteiger partial charge in [-0.05, 0) is 82.6 Å². The van der Waals surface area contributed by atoms with E-state index in [9.17, 15) is 22.4 Å². The molecule has 0 saturated carbocycles. The zero-order valence-electron chi connectivity index (χ0n) is 22.5. The third-order valence-corrected chi connectivity index (χ3v) is 6.75. The van der Waals surface area contributed by atoms with Crippen LogP contribution in [0.3, 0.4) is 0 Å². The van der Waals surface area contributed by atoms with E-state index in [2.05, 4.69) is 15.4 Å². The van der Waals surface area contributed by atoms with Gasteiger partial charge in [-0.3, -0.25) is 9.52 Å². The summed E-state index contributed by atoms with van der Waals surface area (Å²) in [5.74, 6) is -0.277. The van der Waals surface area contributed by atoms with E-state index in [-0.39, 0.29) is 39.8 Å². The normalized spacial score (nSPS) is 12.4. The predicted octanol–water partition coefficient (Wildman–Crippen LogP) is 5.45. The van der Waals surface area contributed by atoms with E-state index in [0.717, 1.165) is 6.07 Å². The Hall–Kier alpha value is -4.06. The highest BCUT2D eigenvalue weighted by Gasteiger charge is 2.24. The summed E-state index contributed by atoms with van der Waals surface area (Å²) in [6.45, 7) is 8.54. The number of carbonyl (C=O) groups is 2. The lowest BCUT2D eigenvalue weighted by Crippen LogP contribution is -2.45. The summed E-state index contributed by atoms with van der Waals surface area (Å²) in [6, 6.07) is 10.1. The topological polar surface area (TPSA) is 136 Å². The van der Waals surface area contributed by atoms with Crippen LogP contribution >= 0.6 is 0 Å². The molecule has 0 aliphatic carbocycles. The Labute approximate surface area is 226 Å². The number of alkyl carbamates (subject to hydrolysis) is 1. The van der Waals surface area contributed by atoms with Crippen LogP contribution in [0.5, 0.6) is 5.75 Å². The number of ether oxygens (including phenoxy) is 2. The third kappa shape index (κ3) is 7.73. The molecule has 2 aromatic carbocycles. The summed E-state index contributed by atoms with van der Waals surface area (Å²) in [7, 11) is -2.90. The third-order valence-electron chi connectivity index (χ3n) is 5.38. The molecule has 10 nitrogen and oxygen atoms in total. The van der Waals surface area contributed by atoms with E-state index in [1.807, 2.05) is 0 Å². The van der Waals surface area contributed by atoms with Crippen molar-refractivity contribution < 1.29 is 36.3 Å². The maximum Gasteiger partial charge on any atom is 0.408 e. The van der Waals surface area contributed by atoms with E-state index in [1.54, 1.807) is 46.8 Å². The molecule has 0 bridgehead atoms. The van der Waals surface area contributed by atoms with Crippen molar-refractivity contribution in [1.29, 1.82) is 0 Å². The molecule has 2 amide bonds. The van der Waals surface area contributed by atoms with Crippen LogP contribution in [-0.4, -0.2) is 39.2 Å². The largest absolute Gasteiger partial charge is 0.495 e. The van der Waals surface area contributed by atoms with Crippen LogP contribution in [0.1, 0.15) is 39.9 Å². The van der Waals surface area contributed by atoms with E-state index < -0.39 is 39.5 Å². The number of halogens is 1. The molecular formula is C27H32FN3O7S. The lowest BCUT2D eigenvalue weighted by Gasteiger charge is -2.23. The van der Waals surface area contributed by atoms with Gasteiger partial charge in [0.05, 0.1) is 23.3 Å². The van der Waals surface area contributed by atoms with Crippen LogP contribution in [0.4, 0.5) is 20.6 Å². The molecule has 0 spiro atoms. The minimum atomic E-state index is -4.25. The number of methoxy groups -OCH3 is 1. The Morgan fingerprint density at radius 3 is 2.36 bits per heavy atom. The van der Waals surface area contributed by atoms with Crippen LogP contribution in [-0.2, 0) is 19.6 Å². The van der Waals surface area contributed by atoms with Crippen LogP contribution in [0, 0.1) is 12.7 Å². The van der Waals surface area contributed by atoms with Crippen molar-refractivity contribution >= 4 is 33.4 Å². The van der Waals surface area contributed by atoms with E-state index >= 15 is 0 Å². The number of sulfonamides is 1. The van der Waals surface area contributed by atoms with Gasteiger partial charge in [-0.25, -0.2) is 17.6 Å². The monoisotopic (exact) mass is 561 g/mol. The number of nitrogens with one attached hydrogen (secondary N) is 3. The first-order valence-corrected chi connectivity index (χ1v) is 13.6. The molecule has 0 fully saturated rings. The number of hydrogen-bond donors (Lipinski definition) is 3. The predicted molar refractivity (Wildman–Crippen MR) is 145 cm³/mol. The van der Waals surface area contributed by atoms with Crippen LogP contribution in [0.2, 0.25) is 0 Å². The number of furan rings is 1. The highest BCUT2D eigenvalue weighted by molar-refractivity contribution is 7.92. The average molecular weight is 562 g/mol. The number of rotatable bonds is 9. The number of anilines is 2. The second kappa shape index (κ2) is 11.8. The van der Waals surface area contributed by atoms with Gasteiger partial charge in [-0.2, -0.15) is 0 Å². The lowest BCUT2D eigenvalue weighted by atomic mass is 10.1. The molecule has 0 saturated heterocycles. The van der Waals surface area contributed by atoms with Crippen LogP contribution < -0.4 is 20.1 Å². The number of benzene rings is 2. The fourth-order valence-electron chi connectivity index (χ4n) is 3.54. The molecule has 0 aliphatic rings. The first kappa shape index (κ1) is 29.5. The molecule has 210 valence electrons. The standard InChI is InChI=1S/C27H32FN3O7S/c1-7-21(30-26(33)38-27(3,4)5)25(32)29-17-9-13-24(36-6)22(14-17)31-39(34,35)18-10-11-19(20(28)15-18)23-12-8-16(2)37-23/h8-15,21,31H,7H2,1-6H3,(H,29,32)(H,30,33)/t21-/m0/s1. The van der Waals surface area contributed by atoms with Gasteiger partial charge in [0.25, 0.3) is 10.0 Å². The highest BCUT2D eigenvalue weighted by Crippen LogP contribution is 2.32. The van der Waals surface area contributed by atoms with Crippen molar-refractivity contribution in [3.63, 3.8) is 0 Å². The molecule has 12 heteroatoms. The van der Waals surface area contributed by atoms with Crippen molar-refractivity contribution in [2.75, 3.05) is 17.1 Å². The zero-order chi connectivity index (χ0) is 29.0. The summed E-state index contributed by atoms with van der Waals surface area (Å²) >= 11 is 0. The SMILES string of the molecule is CC[C@H](NC(=O)OC(C)(C)C)C(=O)Nc1ccc(OC)c(NS(=O)(=O)c2ccc(-c3ccc(C)o3)c(F)c2)c1. The molecule has 3 rings (SSSR count). The van der Waals surface area contributed by atoms with Crippen molar-refractivity contribution in [2.45, 2.75) is 57.6 Å².